The molecule has 1 aliphatic rings. The molecule has 0 aromatic carbocycles. The molecular formula is C20H22N4O4S. The molecule has 1 aliphatic heterocycles. The highest BCUT2D eigenvalue weighted by Gasteiger charge is 2.25. The molecule has 3 aromatic rings. The van der Waals surface area contributed by atoms with E-state index in [-0.39, 0.29) is 23.4 Å². The lowest BCUT2D eigenvalue weighted by atomic mass is 10.2. The molecule has 8 nitrogen and oxygen atoms in total. The first-order chi connectivity index (χ1) is 14.0. The van der Waals surface area contributed by atoms with E-state index in [2.05, 4.69) is 4.98 Å². The molecule has 1 unspecified atom stereocenters. The number of amides is 1. The van der Waals surface area contributed by atoms with Crippen LogP contribution in [0.25, 0.3) is 11.0 Å². The summed E-state index contributed by atoms with van der Waals surface area (Å²) in [5.41, 5.74) is -0.494. The largest absolute Gasteiger partial charge is 0.376 e. The minimum Gasteiger partial charge on any atom is -0.376 e. The Hall–Kier alpha value is -2.78. The molecule has 152 valence electrons. The van der Waals surface area contributed by atoms with Crippen LogP contribution in [-0.2, 0) is 25.4 Å². The summed E-state index contributed by atoms with van der Waals surface area (Å²) >= 11 is 1.59. The van der Waals surface area contributed by atoms with Gasteiger partial charge in [0.2, 0.25) is 0 Å². The van der Waals surface area contributed by atoms with Gasteiger partial charge >= 0.3 is 5.69 Å². The van der Waals surface area contributed by atoms with Crippen LogP contribution in [0.4, 0.5) is 0 Å². The fraction of sp³-hybridized carbons (Fsp3) is 0.400. The molecule has 1 atom stereocenters. The number of hydrogen-bond donors (Lipinski definition) is 0. The normalized spacial score (nSPS) is 16.4. The van der Waals surface area contributed by atoms with Crippen molar-refractivity contribution >= 4 is 28.3 Å². The number of carbonyl (C=O) groups is 1. The van der Waals surface area contributed by atoms with Crippen molar-refractivity contribution in [3.8, 4) is 0 Å². The summed E-state index contributed by atoms with van der Waals surface area (Å²) in [4.78, 5) is 45.1. The summed E-state index contributed by atoms with van der Waals surface area (Å²) in [6.45, 7) is 1.66. The van der Waals surface area contributed by atoms with Crippen LogP contribution in [0.15, 0.2) is 39.2 Å². The van der Waals surface area contributed by atoms with E-state index in [4.69, 9.17) is 4.74 Å². The summed E-state index contributed by atoms with van der Waals surface area (Å²) in [5, 5.41) is 2.28. The first kappa shape index (κ1) is 19.5. The number of fused-ring (bicyclic) bond motifs is 1. The molecule has 0 radical (unpaired) electrons. The van der Waals surface area contributed by atoms with E-state index < -0.39 is 11.2 Å². The van der Waals surface area contributed by atoms with Crippen LogP contribution in [0.1, 0.15) is 28.2 Å². The number of carbonyl (C=O) groups excluding carboxylic acids is 1. The van der Waals surface area contributed by atoms with Gasteiger partial charge in [-0.25, -0.2) is 9.78 Å². The molecule has 3 aromatic heterocycles. The molecule has 4 rings (SSSR count). The third kappa shape index (κ3) is 3.75. The molecule has 0 N–H and O–H groups in total. The summed E-state index contributed by atoms with van der Waals surface area (Å²) in [6, 6.07) is 7.05. The van der Waals surface area contributed by atoms with Gasteiger partial charge in [-0.15, -0.1) is 11.3 Å². The van der Waals surface area contributed by atoms with E-state index in [1.807, 2.05) is 17.5 Å². The van der Waals surface area contributed by atoms with Gasteiger partial charge in [-0.3, -0.25) is 18.7 Å². The zero-order chi connectivity index (χ0) is 20.5. The Morgan fingerprint density at radius 3 is 2.79 bits per heavy atom. The van der Waals surface area contributed by atoms with Crippen molar-refractivity contribution < 1.29 is 9.53 Å². The number of nitrogens with zero attached hydrogens (tertiary/aromatic N) is 4. The van der Waals surface area contributed by atoms with Gasteiger partial charge in [-0.1, -0.05) is 6.07 Å². The Morgan fingerprint density at radius 2 is 2.10 bits per heavy atom. The zero-order valence-electron chi connectivity index (χ0n) is 16.3. The third-order valence-electron chi connectivity index (χ3n) is 5.18. The van der Waals surface area contributed by atoms with Crippen molar-refractivity contribution in [2.75, 3.05) is 13.2 Å². The summed E-state index contributed by atoms with van der Waals surface area (Å²) in [6.07, 6.45) is 1.92. The maximum Gasteiger partial charge on any atom is 0.332 e. The maximum atomic E-state index is 13.3. The lowest BCUT2D eigenvalue weighted by molar-refractivity contribution is 0.0505. The molecule has 1 saturated heterocycles. The fourth-order valence-electron chi connectivity index (χ4n) is 3.58. The maximum absolute atomic E-state index is 13.3. The van der Waals surface area contributed by atoms with Gasteiger partial charge in [0.25, 0.3) is 11.5 Å². The van der Waals surface area contributed by atoms with Crippen LogP contribution in [0.5, 0.6) is 0 Å². The van der Waals surface area contributed by atoms with E-state index in [1.54, 1.807) is 35.4 Å². The van der Waals surface area contributed by atoms with Crippen LogP contribution in [0.3, 0.4) is 0 Å². The summed E-state index contributed by atoms with van der Waals surface area (Å²) < 4.78 is 8.04. The summed E-state index contributed by atoms with van der Waals surface area (Å²) in [7, 11) is 2.97. The highest BCUT2D eigenvalue weighted by molar-refractivity contribution is 7.09. The monoisotopic (exact) mass is 414 g/mol. The molecule has 1 amide bonds. The Kier molecular flexibility index (Phi) is 5.33. The second kappa shape index (κ2) is 7.92. The quantitative estimate of drug-likeness (QED) is 0.632. The van der Waals surface area contributed by atoms with Crippen molar-refractivity contribution in [2.45, 2.75) is 25.5 Å². The average molecular weight is 414 g/mol. The SMILES string of the molecule is Cn1c(=O)c2ccc(C(=O)N(Cc3cccs3)CC3CCCO3)nc2n(C)c1=O. The van der Waals surface area contributed by atoms with Crippen molar-refractivity contribution in [1.29, 1.82) is 0 Å². The first-order valence-electron chi connectivity index (χ1n) is 9.45. The van der Waals surface area contributed by atoms with E-state index in [0.29, 0.717) is 25.1 Å². The van der Waals surface area contributed by atoms with Gasteiger partial charge in [-0.05, 0) is 36.4 Å². The lowest BCUT2D eigenvalue weighted by Crippen LogP contribution is -2.39. The second-order valence-electron chi connectivity index (χ2n) is 7.17. The number of aromatic nitrogens is 3. The Morgan fingerprint density at radius 1 is 1.28 bits per heavy atom. The van der Waals surface area contributed by atoms with Gasteiger partial charge in [0, 0.05) is 32.1 Å². The Labute approximate surface area is 171 Å². The minimum absolute atomic E-state index is 0.0102. The Bertz CT molecular complexity index is 1160. The minimum atomic E-state index is -0.477. The smallest absolute Gasteiger partial charge is 0.332 e. The fourth-order valence-corrected chi connectivity index (χ4v) is 4.30. The van der Waals surface area contributed by atoms with E-state index >= 15 is 0 Å². The van der Waals surface area contributed by atoms with Gasteiger partial charge in [0.15, 0.2) is 0 Å². The molecule has 4 heterocycles. The van der Waals surface area contributed by atoms with Crippen molar-refractivity contribution in [1.82, 2.24) is 19.0 Å². The number of rotatable bonds is 5. The molecule has 1 fully saturated rings. The number of hydrogen-bond acceptors (Lipinski definition) is 6. The molecule has 0 bridgehead atoms. The first-order valence-corrected chi connectivity index (χ1v) is 10.3. The summed E-state index contributed by atoms with van der Waals surface area (Å²) in [5.74, 6) is -0.246. The van der Waals surface area contributed by atoms with Crippen LogP contribution in [-0.4, -0.2) is 44.2 Å². The molecular weight excluding hydrogens is 392 g/mol. The van der Waals surface area contributed by atoms with Gasteiger partial charge in [0.1, 0.15) is 11.3 Å². The molecule has 0 aliphatic carbocycles. The predicted octanol–water partition coefficient (Wildman–Crippen LogP) is 1.52. The third-order valence-corrected chi connectivity index (χ3v) is 6.04. The highest BCUT2D eigenvalue weighted by atomic mass is 32.1. The van der Waals surface area contributed by atoms with Crippen LogP contribution < -0.4 is 11.2 Å². The van der Waals surface area contributed by atoms with E-state index in [1.165, 1.54) is 11.6 Å². The number of ether oxygens (including phenoxy) is 1. The van der Waals surface area contributed by atoms with Gasteiger partial charge in [0.05, 0.1) is 18.0 Å². The highest BCUT2D eigenvalue weighted by Crippen LogP contribution is 2.19. The molecule has 0 spiro atoms. The lowest BCUT2D eigenvalue weighted by Gasteiger charge is -2.25. The molecule has 0 saturated carbocycles. The average Bonchev–Trinajstić information content (AvgIpc) is 3.43. The molecule has 9 heteroatoms. The second-order valence-corrected chi connectivity index (χ2v) is 8.21. The Balaban J connectivity index is 1.71. The van der Waals surface area contributed by atoms with Crippen molar-refractivity contribution in [3.05, 3.63) is 61.1 Å². The van der Waals surface area contributed by atoms with E-state index in [9.17, 15) is 14.4 Å². The van der Waals surface area contributed by atoms with E-state index in [0.717, 1.165) is 22.3 Å². The number of thiophene rings is 1. The topological polar surface area (TPSA) is 86.4 Å². The van der Waals surface area contributed by atoms with Crippen LogP contribution in [0, 0.1) is 0 Å². The van der Waals surface area contributed by atoms with Gasteiger partial charge in [-0.2, -0.15) is 0 Å². The number of pyridine rings is 1. The van der Waals surface area contributed by atoms with Crippen molar-refractivity contribution in [3.63, 3.8) is 0 Å². The van der Waals surface area contributed by atoms with Gasteiger partial charge < -0.3 is 9.64 Å². The number of aryl methyl sites for hydroxylation is 1. The van der Waals surface area contributed by atoms with Crippen molar-refractivity contribution in [2.24, 2.45) is 14.1 Å². The van der Waals surface area contributed by atoms with Crippen LogP contribution >= 0.6 is 11.3 Å². The predicted molar refractivity (Wildman–Crippen MR) is 110 cm³/mol. The molecule has 29 heavy (non-hydrogen) atoms. The zero-order valence-corrected chi connectivity index (χ0v) is 17.1. The standard InChI is InChI=1S/C20H22N4O4S/c1-22-17-15(18(25)23(2)20(22)27)7-8-16(21-17)19(26)24(11-13-5-3-9-28-13)12-14-6-4-10-29-14/h4,6-8,10,13H,3,5,9,11-12H2,1-2H3. The van der Waals surface area contributed by atoms with Crippen LogP contribution in [0.2, 0.25) is 0 Å².